The summed E-state index contributed by atoms with van der Waals surface area (Å²) in [5, 5.41) is 13.4. The first-order valence-electron chi connectivity index (χ1n) is 7.51. The zero-order chi connectivity index (χ0) is 17.9. The lowest BCUT2D eigenvalue weighted by atomic mass is 9.81. The van der Waals surface area contributed by atoms with E-state index in [4.69, 9.17) is 4.52 Å². The van der Waals surface area contributed by atoms with E-state index in [2.05, 4.69) is 5.16 Å². The third-order valence-electron chi connectivity index (χ3n) is 5.01. The van der Waals surface area contributed by atoms with Crippen LogP contribution < -0.4 is 0 Å². The number of likely N-dealkylation sites (tertiary alicyclic amines) is 1. The number of hydrogen-bond donors (Lipinski definition) is 1. The number of carboxylic acid groups (broad SMARTS) is 1. The molecule has 1 aromatic heterocycles. The summed E-state index contributed by atoms with van der Waals surface area (Å²) in [6.07, 6.45) is 0. The van der Waals surface area contributed by atoms with Gasteiger partial charge in [-0.1, -0.05) is 5.16 Å². The molecule has 24 heavy (non-hydrogen) atoms. The molecule has 0 radical (unpaired) electrons. The molecule has 0 unspecified atom stereocenters. The first-order chi connectivity index (χ1) is 11.1. The molecule has 1 amide bonds. The number of aliphatic carboxylic acids is 1. The maximum absolute atomic E-state index is 12.9. The van der Waals surface area contributed by atoms with Crippen molar-refractivity contribution < 1.29 is 27.6 Å². The third-order valence-corrected chi connectivity index (χ3v) is 7.07. The summed E-state index contributed by atoms with van der Waals surface area (Å²) in [5.41, 5.74) is -1.02. The molecule has 1 N–H and O–H groups in total. The van der Waals surface area contributed by atoms with Crippen molar-refractivity contribution in [1.82, 2.24) is 14.4 Å². The van der Waals surface area contributed by atoms with Crippen LogP contribution in [-0.4, -0.2) is 65.9 Å². The highest BCUT2D eigenvalue weighted by molar-refractivity contribution is 7.89. The molecule has 2 fully saturated rings. The van der Waals surface area contributed by atoms with Crippen LogP contribution in [0.1, 0.15) is 18.4 Å². The Morgan fingerprint density at radius 2 is 1.96 bits per heavy atom. The molecule has 9 nitrogen and oxygen atoms in total. The lowest BCUT2D eigenvalue weighted by Crippen LogP contribution is -2.42. The zero-order valence-electron chi connectivity index (χ0n) is 13.6. The maximum Gasteiger partial charge on any atom is 0.313 e. The summed E-state index contributed by atoms with van der Waals surface area (Å²) >= 11 is 0. The standard InChI is InChI=1S/C14H19N3O6S/c1-8-12(9(2)23-15-8)24(21,22)17-5-11-4-16(10(3)18)6-14(11,7-17)13(19)20/h11H,4-7H2,1-3H3,(H,19,20)/t11-,14-/m0/s1. The van der Waals surface area contributed by atoms with Crippen LogP contribution in [0.25, 0.3) is 0 Å². The minimum absolute atomic E-state index is 0.00793. The average Bonchev–Trinajstić information content (AvgIpc) is 3.09. The van der Waals surface area contributed by atoms with E-state index in [1.807, 2.05) is 0 Å². The van der Waals surface area contributed by atoms with Gasteiger partial charge in [0.15, 0.2) is 5.76 Å². The fourth-order valence-corrected chi connectivity index (χ4v) is 5.56. The topological polar surface area (TPSA) is 121 Å². The van der Waals surface area contributed by atoms with Gasteiger partial charge in [0, 0.05) is 39.0 Å². The van der Waals surface area contributed by atoms with Crippen molar-refractivity contribution in [2.45, 2.75) is 25.7 Å². The number of fused-ring (bicyclic) bond motifs is 1. The van der Waals surface area contributed by atoms with E-state index < -0.39 is 27.3 Å². The maximum atomic E-state index is 12.9. The lowest BCUT2D eigenvalue weighted by Gasteiger charge is -2.24. The van der Waals surface area contributed by atoms with Crippen LogP contribution in [0.3, 0.4) is 0 Å². The zero-order valence-corrected chi connectivity index (χ0v) is 14.5. The Morgan fingerprint density at radius 3 is 2.42 bits per heavy atom. The molecule has 0 spiro atoms. The van der Waals surface area contributed by atoms with Gasteiger partial charge in [-0.05, 0) is 13.8 Å². The molecule has 2 saturated heterocycles. The second-order valence-corrected chi connectivity index (χ2v) is 8.38. The number of carboxylic acids is 1. The van der Waals surface area contributed by atoms with Gasteiger partial charge >= 0.3 is 5.97 Å². The molecule has 2 atom stereocenters. The molecule has 0 bridgehead atoms. The Hall–Kier alpha value is -1.94. The van der Waals surface area contributed by atoms with E-state index in [-0.39, 0.29) is 48.4 Å². The van der Waals surface area contributed by atoms with Crippen molar-refractivity contribution in [3.05, 3.63) is 11.5 Å². The van der Waals surface area contributed by atoms with Crippen LogP contribution >= 0.6 is 0 Å². The van der Waals surface area contributed by atoms with Gasteiger partial charge in [0.05, 0.1) is 0 Å². The summed E-state index contributed by atoms with van der Waals surface area (Å²) in [7, 11) is -3.90. The van der Waals surface area contributed by atoms with Gasteiger partial charge in [0.25, 0.3) is 0 Å². The van der Waals surface area contributed by atoms with Crippen molar-refractivity contribution in [2.75, 3.05) is 26.2 Å². The van der Waals surface area contributed by atoms with Crippen LogP contribution in [0.4, 0.5) is 0 Å². The molecule has 3 heterocycles. The van der Waals surface area contributed by atoms with Gasteiger partial charge < -0.3 is 14.5 Å². The fraction of sp³-hybridized carbons (Fsp3) is 0.643. The average molecular weight is 357 g/mol. The largest absolute Gasteiger partial charge is 0.481 e. The van der Waals surface area contributed by atoms with E-state index in [9.17, 15) is 23.1 Å². The monoisotopic (exact) mass is 357 g/mol. The second kappa shape index (κ2) is 5.28. The molecule has 2 aliphatic rings. The number of aromatic nitrogens is 1. The van der Waals surface area contributed by atoms with Crippen molar-refractivity contribution >= 4 is 21.9 Å². The summed E-state index contributed by atoms with van der Waals surface area (Å²) in [5.74, 6) is -1.54. The minimum atomic E-state index is -3.90. The Bertz CT molecular complexity index is 797. The minimum Gasteiger partial charge on any atom is -0.481 e. The van der Waals surface area contributed by atoms with E-state index in [1.54, 1.807) is 0 Å². The Morgan fingerprint density at radius 1 is 1.29 bits per heavy atom. The number of nitrogens with zero attached hydrogens (tertiary/aromatic N) is 3. The van der Waals surface area contributed by atoms with Crippen molar-refractivity contribution in [3.63, 3.8) is 0 Å². The van der Waals surface area contributed by atoms with Gasteiger partial charge in [0.1, 0.15) is 16.0 Å². The molecule has 10 heteroatoms. The summed E-state index contributed by atoms with van der Waals surface area (Å²) in [4.78, 5) is 24.9. The highest BCUT2D eigenvalue weighted by Crippen LogP contribution is 2.45. The third kappa shape index (κ3) is 2.24. The lowest BCUT2D eigenvalue weighted by molar-refractivity contribution is -0.148. The molecule has 2 aliphatic heterocycles. The molecule has 0 saturated carbocycles. The molecule has 3 rings (SSSR count). The summed E-state index contributed by atoms with van der Waals surface area (Å²) in [6, 6.07) is 0. The molecule has 132 valence electrons. The number of carbonyl (C=O) groups is 2. The number of aryl methyl sites for hydroxylation is 2. The SMILES string of the molecule is CC(=O)N1C[C@H]2CN(S(=O)(=O)c3c(C)noc3C)C[C@@]2(C(=O)O)C1. The van der Waals surface area contributed by atoms with Crippen molar-refractivity contribution in [1.29, 1.82) is 0 Å². The molecule has 0 aromatic carbocycles. The predicted molar refractivity (Wildman–Crippen MR) is 80.5 cm³/mol. The molecule has 1 aromatic rings. The van der Waals surface area contributed by atoms with Crippen LogP contribution in [0.2, 0.25) is 0 Å². The Kier molecular flexibility index (Phi) is 3.72. The van der Waals surface area contributed by atoms with Crippen LogP contribution in [-0.2, 0) is 19.6 Å². The smallest absolute Gasteiger partial charge is 0.313 e. The number of hydrogen-bond acceptors (Lipinski definition) is 6. The Balaban J connectivity index is 1.95. The van der Waals surface area contributed by atoms with E-state index >= 15 is 0 Å². The van der Waals surface area contributed by atoms with Crippen LogP contribution in [0.15, 0.2) is 9.42 Å². The molecule has 0 aliphatic carbocycles. The van der Waals surface area contributed by atoms with E-state index in [1.165, 1.54) is 30.0 Å². The van der Waals surface area contributed by atoms with Crippen molar-refractivity contribution in [3.8, 4) is 0 Å². The molecular weight excluding hydrogens is 338 g/mol. The number of carbonyl (C=O) groups excluding carboxylic acids is 1. The van der Waals surface area contributed by atoms with E-state index in [0.717, 1.165) is 0 Å². The van der Waals surface area contributed by atoms with Gasteiger partial charge in [-0.15, -0.1) is 0 Å². The van der Waals surface area contributed by atoms with Gasteiger partial charge in [-0.25, -0.2) is 8.42 Å². The van der Waals surface area contributed by atoms with Gasteiger partial charge in [0.2, 0.25) is 15.9 Å². The van der Waals surface area contributed by atoms with E-state index in [0.29, 0.717) is 0 Å². The van der Waals surface area contributed by atoms with Crippen molar-refractivity contribution in [2.24, 2.45) is 11.3 Å². The quantitative estimate of drug-likeness (QED) is 0.798. The number of sulfonamides is 1. The Labute approximate surface area is 139 Å². The summed E-state index contributed by atoms with van der Waals surface area (Å²) < 4.78 is 31.9. The number of rotatable bonds is 3. The first-order valence-corrected chi connectivity index (χ1v) is 8.95. The predicted octanol–water partition coefficient (Wildman–Crippen LogP) is -0.155. The van der Waals surface area contributed by atoms with Crippen LogP contribution in [0.5, 0.6) is 0 Å². The summed E-state index contributed by atoms with van der Waals surface area (Å²) in [6.45, 7) is 4.59. The first kappa shape index (κ1) is 16.9. The van der Waals surface area contributed by atoms with Gasteiger partial charge in [-0.2, -0.15) is 4.31 Å². The number of amides is 1. The normalized spacial score (nSPS) is 27.5. The van der Waals surface area contributed by atoms with Crippen LogP contribution in [0, 0.1) is 25.2 Å². The second-order valence-electron chi connectivity index (χ2n) is 6.51. The highest BCUT2D eigenvalue weighted by atomic mass is 32.2. The van der Waals surface area contributed by atoms with Gasteiger partial charge in [-0.3, -0.25) is 9.59 Å². The fourth-order valence-electron chi connectivity index (χ4n) is 3.72. The molecular formula is C14H19N3O6S. The highest BCUT2D eigenvalue weighted by Gasteiger charge is 2.60.